The van der Waals surface area contributed by atoms with Crippen molar-refractivity contribution in [1.29, 1.82) is 0 Å². The van der Waals surface area contributed by atoms with E-state index in [1.54, 1.807) is 7.11 Å². The molecule has 3 nitrogen and oxygen atoms in total. The Morgan fingerprint density at radius 3 is 2.64 bits per heavy atom. The highest BCUT2D eigenvalue weighted by Gasteiger charge is 2.16. The zero-order chi connectivity index (χ0) is 10.8. The van der Waals surface area contributed by atoms with Gasteiger partial charge in [-0.05, 0) is 49.8 Å². The lowest BCUT2D eigenvalue weighted by atomic mass is 10.1. The van der Waals surface area contributed by atoms with Gasteiger partial charge in [0.25, 0.3) is 0 Å². The standard InChI is InChI=1S/C10H17IN2O/c1-8-7-13(12-9(8)11)6-5-10(2,3)14-4/h7H,5-6H2,1-4H3. The van der Waals surface area contributed by atoms with Crippen LogP contribution in [0.25, 0.3) is 0 Å². The van der Waals surface area contributed by atoms with Gasteiger partial charge in [-0.25, -0.2) is 0 Å². The molecule has 1 aromatic rings. The summed E-state index contributed by atoms with van der Waals surface area (Å²) in [6.45, 7) is 7.17. The maximum Gasteiger partial charge on any atom is 0.126 e. The molecular formula is C10H17IN2O. The molecule has 0 saturated carbocycles. The van der Waals surface area contributed by atoms with E-state index >= 15 is 0 Å². The lowest BCUT2D eigenvalue weighted by Gasteiger charge is -2.22. The Bertz CT molecular complexity index is 288. The summed E-state index contributed by atoms with van der Waals surface area (Å²) in [6.07, 6.45) is 3.05. The number of halogens is 1. The fourth-order valence-electron chi connectivity index (χ4n) is 1.10. The summed E-state index contributed by atoms with van der Waals surface area (Å²) < 4.78 is 8.42. The van der Waals surface area contributed by atoms with E-state index in [9.17, 15) is 0 Å². The van der Waals surface area contributed by atoms with E-state index in [1.807, 2.05) is 4.68 Å². The zero-order valence-electron chi connectivity index (χ0n) is 9.17. The fraction of sp³-hybridized carbons (Fsp3) is 0.700. The van der Waals surface area contributed by atoms with E-state index in [0.29, 0.717) is 0 Å². The molecule has 0 saturated heterocycles. The van der Waals surface area contributed by atoms with Gasteiger partial charge in [0, 0.05) is 25.4 Å². The number of ether oxygens (including phenoxy) is 1. The summed E-state index contributed by atoms with van der Waals surface area (Å²) in [5.74, 6) is 0. The van der Waals surface area contributed by atoms with E-state index in [0.717, 1.165) is 16.7 Å². The first-order valence-electron chi connectivity index (χ1n) is 4.69. The van der Waals surface area contributed by atoms with E-state index in [4.69, 9.17) is 4.74 Å². The molecule has 0 aromatic carbocycles. The molecular weight excluding hydrogens is 291 g/mol. The van der Waals surface area contributed by atoms with Crippen LogP contribution in [-0.4, -0.2) is 22.5 Å². The number of nitrogens with zero attached hydrogens (tertiary/aromatic N) is 2. The second-order valence-electron chi connectivity index (χ2n) is 4.08. The number of methoxy groups -OCH3 is 1. The molecule has 0 aliphatic rings. The van der Waals surface area contributed by atoms with Crippen LogP contribution in [0.3, 0.4) is 0 Å². The highest BCUT2D eigenvalue weighted by Crippen LogP contribution is 2.15. The van der Waals surface area contributed by atoms with Gasteiger partial charge in [0.15, 0.2) is 0 Å². The third-order valence-corrected chi connectivity index (χ3v) is 3.45. The molecule has 0 aliphatic carbocycles. The van der Waals surface area contributed by atoms with Crippen molar-refractivity contribution in [2.45, 2.75) is 39.3 Å². The Kier molecular flexibility index (Phi) is 3.94. The summed E-state index contributed by atoms with van der Waals surface area (Å²) in [7, 11) is 1.75. The molecule has 0 fully saturated rings. The summed E-state index contributed by atoms with van der Waals surface area (Å²) in [4.78, 5) is 0. The quantitative estimate of drug-likeness (QED) is 0.800. The molecule has 0 unspecified atom stereocenters. The van der Waals surface area contributed by atoms with Crippen LogP contribution in [0.2, 0.25) is 0 Å². The van der Waals surface area contributed by atoms with Crippen LogP contribution in [0.15, 0.2) is 6.20 Å². The first-order valence-corrected chi connectivity index (χ1v) is 5.77. The highest BCUT2D eigenvalue weighted by molar-refractivity contribution is 14.1. The van der Waals surface area contributed by atoms with Crippen LogP contribution in [0, 0.1) is 10.6 Å². The molecule has 0 aliphatic heterocycles. The highest BCUT2D eigenvalue weighted by atomic mass is 127. The van der Waals surface area contributed by atoms with Crippen molar-refractivity contribution in [2.75, 3.05) is 7.11 Å². The minimum Gasteiger partial charge on any atom is -0.379 e. The molecule has 0 spiro atoms. The minimum atomic E-state index is -0.0642. The predicted molar refractivity (Wildman–Crippen MR) is 65.4 cm³/mol. The van der Waals surface area contributed by atoms with Gasteiger partial charge in [-0.1, -0.05) is 0 Å². The van der Waals surface area contributed by atoms with Crippen molar-refractivity contribution in [1.82, 2.24) is 9.78 Å². The number of hydrogen-bond donors (Lipinski definition) is 0. The van der Waals surface area contributed by atoms with Crippen molar-refractivity contribution in [3.63, 3.8) is 0 Å². The van der Waals surface area contributed by atoms with E-state index < -0.39 is 0 Å². The van der Waals surface area contributed by atoms with Crippen molar-refractivity contribution >= 4 is 22.6 Å². The molecule has 0 amide bonds. The van der Waals surface area contributed by atoms with Crippen LogP contribution >= 0.6 is 22.6 Å². The SMILES string of the molecule is COC(C)(C)CCn1cc(C)c(I)n1. The summed E-state index contributed by atoms with van der Waals surface area (Å²) in [5, 5.41) is 4.40. The van der Waals surface area contributed by atoms with Crippen LogP contribution in [0.4, 0.5) is 0 Å². The topological polar surface area (TPSA) is 27.1 Å². The molecule has 1 heterocycles. The van der Waals surface area contributed by atoms with Crippen molar-refractivity contribution < 1.29 is 4.74 Å². The average Bonchev–Trinajstić information content (AvgIpc) is 2.44. The van der Waals surface area contributed by atoms with Crippen LogP contribution in [0.5, 0.6) is 0 Å². The molecule has 0 atom stereocenters. The maximum absolute atomic E-state index is 5.35. The fourth-order valence-corrected chi connectivity index (χ4v) is 1.51. The van der Waals surface area contributed by atoms with Gasteiger partial charge < -0.3 is 4.74 Å². The summed E-state index contributed by atoms with van der Waals surface area (Å²) >= 11 is 2.25. The number of hydrogen-bond acceptors (Lipinski definition) is 2. The normalized spacial score (nSPS) is 12.1. The average molecular weight is 308 g/mol. The first-order chi connectivity index (χ1) is 6.44. The maximum atomic E-state index is 5.35. The van der Waals surface area contributed by atoms with Gasteiger partial charge in [-0.15, -0.1) is 0 Å². The molecule has 14 heavy (non-hydrogen) atoms. The third kappa shape index (κ3) is 3.24. The molecule has 0 bridgehead atoms. The van der Waals surface area contributed by atoms with Gasteiger partial charge in [-0.3, -0.25) is 4.68 Å². The summed E-state index contributed by atoms with van der Waals surface area (Å²) in [6, 6.07) is 0. The first kappa shape index (κ1) is 12.0. The minimum absolute atomic E-state index is 0.0642. The number of rotatable bonds is 4. The molecule has 0 radical (unpaired) electrons. The molecule has 1 aromatic heterocycles. The van der Waals surface area contributed by atoms with Gasteiger partial charge in [0.05, 0.1) is 5.60 Å². The largest absolute Gasteiger partial charge is 0.379 e. The van der Waals surface area contributed by atoms with Gasteiger partial charge in [0.1, 0.15) is 3.70 Å². The Morgan fingerprint density at radius 1 is 1.57 bits per heavy atom. The van der Waals surface area contributed by atoms with Crippen molar-refractivity contribution in [2.24, 2.45) is 0 Å². The number of aromatic nitrogens is 2. The van der Waals surface area contributed by atoms with E-state index in [2.05, 4.69) is 54.7 Å². The molecule has 1 rings (SSSR count). The summed E-state index contributed by atoms with van der Waals surface area (Å²) in [5.41, 5.74) is 1.17. The van der Waals surface area contributed by atoms with Crippen molar-refractivity contribution in [3.8, 4) is 0 Å². The Labute approximate surface area is 99.0 Å². The van der Waals surface area contributed by atoms with Crippen LogP contribution in [0.1, 0.15) is 25.8 Å². The number of aryl methyl sites for hydroxylation is 2. The predicted octanol–water partition coefficient (Wildman–Crippen LogP) is 2.61. The molecule has 0 N–H and O–H groups in total. The second kappa shape index (κ2) is 4.61. The third-order valence-electron chi connectivity index (χ3n) is 2.38. The van der Waals surface area contributed by atoms with Gasteiger partial charge in [-0.2, -0.15) is 5.10 Å². The van der Waals surface area contributed by atoms with Gasteiger partial charge >= 0.3 is 0 Å². The Morgan fingerprint density at radius 2 is 2.21 bits per heavy atom. The van der Waals surface area contributed by atoms with Crippen LogP contribution < -0.4 is 0 Å². The van der Waals surface area contributed by atoms with Gasteiger partial charge in [0.2, 0.25) is 0 Å². The zero-order valence-corrected chi connectivity index (χ0v) is 11.3. The Balaban J connectivity index is 2.54. The smallest absolute Gasteiger partial charge is 0.126 e. The molecule has 80 valence electrons. The van der Waals surface area contributed by atoms with E-state index in [1.165, 1.54) is 5.56 Å². The lowest BCUT2D eigenvalue weighted by molar-refractivity contribution is 0.0113. The Hall–Kier alpha value is -0.100. The monoisotopic (exact) mass is 308 g/mol. The van der Waals surface area contributed by atoms with Crippen molar-refractivity contribution in [3.05, 3.63) is 15.5 Å². The second-order valence-corrected chi connectivity index (χ2v) is 5.10. The molecule has 4 heteroatoms. The lowest BCUT2D eigenvalue weighted by Crippen LogP contribution is -2.24. The van der Waals surface area contributed by atoms with Crippen LogP contribution in [-0.2, 0) is 11.3 Å². The van der Waals surface area contributed by atoms with E-state index in [-0.39, 0.29) is 5.60 Å².